The third kappa shape index (κ3) is 4.85. The van der Waals surface area contributed by atoms with Crippen LogP contribution in [-0.4, -0.2) is 30.6 Å². The number of rotatable bonds is 6. The molecule has 194 valence electrons. The maximum Gasteiger partial charge on any atom is 0.417 e. The van der Waals surface area contributed by atoms with E-state index in [1.807, 2.05) is 0 Å². The van der Waals surface area contributed by atoms with Crippen LogP contribution in [0.2, 0.25) is 0 Å². The van der Waals surface area contributed by atoms with Crippen LogP contribution in [0, 0.1) is 23.1 Å². The van der Waals surface area contributed by atoms with E-state index >= 15 is 0 Å². The van der Waals surface area contributed by atoms with E-state index in [1.165, 1.54) is 28.0 Å². The highest BCUT2D eigenvalue weighted by Gasteiger charge is 2.48. The number of hydroxylamine groups is 1. The van der Waals surface area contributed by atoms with Gasteiger partial charge in [-0.15, -0.1) is 0 Å². The quantitative estimate of drug-likeness (QED) is 0.403. The van der Waals surface area contributed by atoms with Crippen molar-refractivity contribution in [2.75, 3.05) is 16.4 Å². The first-order valence-electron chi connectivity index (χ1n) is 12.1. The summed E-state index contributed by atoms with van der Waals surface area (Å²) in [4.78, 5) is 33.8. The van der Waals surface area contributed by atoms with Crippen LogP contribution in [0.15, 0.2) is 36.4 Å². The molecule has 2 aliphatic carbocycles. The van der Waals surface area contributed by atoms with E-state index in [1.54, 1.807) is 6.07 Å². The van der Waals surface area contributed by atoms with Crippen LogP contribution in [0.5, 0.6) is 0 Å². The minimum atomic E-state index is -4.77. The molecule has 11 heteroatoms. The highest BCUT2D eigenvalue weighted by Crippen LogP contribution is 2.42. The molecule has 1 N–H and O–H groups in total. The number of benzene rings is 2. The maximum atomic E-state index is 15.0. The van der Waals surface area contributed by atoms with Crippen molar-refractivity contribution in [1.29, 1.82) is 5.26 Å². The van der Waals surface area contributed by atoms with Crippen LogP contribution >= 0.6 is 0 Å². The number of hydrogen-bond acceptors (Lipinski definition) is 4. The summed E-state index contributed by atoms with van der Waals surface area (Å²) in [5.41, 5.74) is 0.575. The lowest BCUT2D eigenvalue weighted by Crippen LogP contribution is -2.40. The standard InChI is InChI=1S/C26H24F4N4O3/c27-21-12-18(9-10-19(21)24(35)32-37-14-15-5-6-15)34-23-4-2-1-3-22(23)33(25(34)36)17-8-7-16(13-31)20(11-17)26(28,29)30/h7-12,15,22-23H,1-6,14H2,(H,32,35). The molecule has 7 nitrogen and oxygen atoms in total. The highest BCUT2D eigenvalue weighted by molar-refractivity contribution is 6.08. The van der Waals surface area contributed by atoms with E-state index in [0.29, 0.717) is 25.4 Å². The molecule has 2 atom stereocenters. The van der Waals surface area contributed by atoms with Gasteiger partial charge < -0.3 is 0 Å². The fraction of sp³-hybridized carbons (Fsp3) is 0.423. The van der Waals surface area contributed by atoms with Gasteiger partial charge >= 0.3 is 12.2 Å². The number of nitriles is 1. The molecule has 2 unspecified atom stereocenters. The summed E-state index contributed by atoms with van der Waals surface area (Å²) < 4.78 is 55.7. The predicted octanol–water partition coefficient (Wildman–Crippen LogP) is 5.55. The number of halogens is 4. The van der Waals surface area contributed by atoms with Crippen molar-refractivity contribution in [2.45, 2.75) is 56.8 Å². The smallest absolute Gasteiger partial charge is 0.289 e. The number of nitrogens with one attached hydrogen (secondary N) is 1. The first kappa shape index (κ1) is 25.0. The monoisotopic (exact) mass is 516 g/mol. The van der Waals surface area contributed by atoms with Crippen molar-refractivity contribution in [3.05, 3.63) is 58.9 Å². The van der Waals surface area contributed by atoms with Crippen molar-refractivity contribution in [3.8, 4) is 6.07 Å². The first-order valence-corrected chi connectivity index (χ1v) is 12.1. The van der Waals surface area contributed by atoms with Crippen molar-refractivity contribution < 1.29 is 32.0 Å². The topological polar surface area (TPSA) is 85.7 Å². The third-order valence-corrected chi connectivity index (χ3v) is 7.13. The zero-order chi connectivity index (χ0) is 26.3. The van der Waals surface area contributed by atoms with E-state index in [2.05, 4.69) is 5.48 Å². The minimum absolute atomic E-state index is 0.0278. The molecule has 3 amide bonds. The molecule has 3 fully saturated rings. The minimum Gasteiger partial charge on any atom is -0.289 e. The van der Waals surface area contributed by atoms with Crippen molar-refractivity contribution in [1.82, 2.24) is 5.48 Å². The molecular formula is C26H24F4N4O3. The average molecular weight is 516 g/mol. The molecule has 1 saturated heterocycles. The van der Waals surface area contributed by atoms with E-state index in [4.69, 9.17) is 10.1 Å². The van der Waals surface area contributed by atoms with Gasteiger partial charge in [0.05, 0.1) is 41.5 Å². The van der Waals surface area contributed by atoms with Crippen LogP contribution in [0.1, 0.15) is 60.0 Å². The molecule has 0 aromatic heterocycles. The van der Waals surface area contributed by atoms with E-state index in [0.717, 1.165) is 43.9 Å². The summed E-state index contributed by atoms with van der Waals surface area (Å²) in [6.45, 7) is 0.359. The Labute approximate surface area is 210 Å². The Bertz CT molecular complexity index is 1270. The molecule has 37 heavy (non-hydrogen) atoms. The van der Waals surface area contributed by atoms with Gasteiger partial charge in [0.15, 0.2) is 0 Å². The van der Waals surface area contributed by atoms with Crippen LogP contribution in [0.4, 0.5) is 33.7 Å². The summed E-state index contributed by atoms with van der Waals surface area (Å²) >= 11 is 0. The fourth-order valence-corrected chi connectivity index (χ4v) is 5.11. The van der Waals surface area contributed by atoms with Gasteiger partial charge in [-0.2, -0.15) is 18.4 Å². The van der Waals surface area contributed by atoms with Gasteiger partial charge in [0.25, 0.3) is 5.91 Å². The molecular weight excluding hydrogens is 492 g/mol. The van der Waals surface area contributed by atoms with E-state index in [9.17, 15) is 27.2 Å². The van der Waals surface area contributed by atoms with Gasteiger partial charge in [-0.05, 0) is 68.0 Å². The van der Waals surface area contributed by atoms with Crippen molar-refractivity contribution >= 4 is 23.3 Å². The Kier molecular flexibility index (Phi) is 6.54. The van der Waals surface area contributed by atoms with Crippen LogP contribution in [0.25, 0.3) is 0 Å². The molecule has 2 saturated carbocycles. The lowest BCUT2D eigenvalue weighted by atomic mass is 9.89. The van der Waals surface area contributed by atoms with Gasteiger partial charge in [-0.25, -0.2) is 14.7 Å². The number of fused-ring (bicyclic) bond motifs is 1. The van der Waals surface area contributed by atoms with Crippen molar-refractivity contribution in [3.63, 3.8) is 0 Å². The highest BCUT2D eigenvalue weighted by atomic mass is 19.4. The normalized spacial score (nSPS) is 21.5. The number of urea groups is 1. The summed E-state index contributed by atoms with van der Waals surface area (Å²) in [7, 11) is 0. The number of amides is 3. The summed E-state index contributed by atoms with van der Waals surface area (Å²) in [6.07, 6.45) is 0.0435. The zero-order valence-electron chi connectivity index (χ0n) is 19.7. The van der Waals surface area contributed by atoms with Gasteiger partial charge in [-0.1, -0.05) is 12.8 Å². The Hall–Kier alpha value is -3.65. The second-order valence-corrected chi connectivity index (χ2v) is 9.63. The molecule has 3 aliphatic rings. The van der Waals surface area contributed by atoms with E-state index in [-0.39, 0.29) is 23.0 Å². The average Bonchev–Trinajstić information content (AvgIpc) is 3.64. The van der Waals surface area contributed by atoms with Crippen LogP contribution in [-0.2, 0) is 11.0 Å². The fourth-order valence-electron chi connectivity index (χ4n) is 5.11. The van der Waals surface area contributed by atoms with Crippen LogP contribution in [0.3, 0.4) is 0 Å². The largest absolute Gasteiger partial charge is 0.417 e. The molecule has 1 aliphatic heterocycles. The molecule has 2 aromatic carbocycles. The molecule has 1 heterocycles. The number of hydrogen-bond donors (Lipinski definition) is 1. The Morgan fingerprint density at radius 1 is 1.03 bits per heavy atom. The van der Waals surface area contributed by atoms with Gasteiger partial charge in [-0.3, -0.25) is 19.4 Å². The predicted molar refractivity (Wildman–Crippen MR) is 125 cm³/mol. The Balaban J connectivity index is 1.44. The summed E-state index contributed by atoms with van der Waals surface area (Å²) in [5, 5.41) is 9.12. The number of anilines is 2. The lowest BCUT2D eigenvalue weighted by Gasteiger charge is -2.32. The molecule has 2 aromatic rings. The molecule has 0 radical (unpaired) electrons. The number of carbonyl (C=O) groups excluding carboxylic acids is 2. The van der Waals surface area contributed by atoms with Crippen molar-refractivity contribution in [2.24, 2.45) is 5.92 Å². The molecule has 0 bridgehead atoms. The Morgan fingerprint density at radius 2 is 1.65 bits per heavy atom. The zero-order valence-corrected chi connectivity index (χ0v) is 19.7. The van der Waals surface area contributed by atoms with Gasteiger partial charge in [0.1, 0.15) is 5.82 Å². The second kappa shape index (κ2) is 9.67. The number of nitrogens with zero attached hydrogens (tertiary/aromatic N) is 3. The summed E-state index contributed by atoms with van der Waals surface area (Å²) in [6, 6.07) is 7.17. The van der Waals surface area contributed by atoms with E-state index < -0.39 is 41.1 Å². The Morgan fingerprint density at radius 3 is 2.22 bits per heavy atom. The third-order valence-electron chi connectivity index (χ3n) is 7.13. The van der Waals surface area contributed by atoms with Crippen LogP contribution < -0.4 is 15.3 Å². The SMILES string of the molecule is N#Cc1ccc(N2C(=O)N(c3ccc(C(=O)NOCC4CC4)c(F)c3)C3CCCCC32)cc1C(F)(F)F. The summed E-state index contributed by atoms with van der Waals surface area (Å²) in [5.74, 6) is -1.18. The van der Waals surface area contributed by atoms with Gasteiger partial charge in [0.2, 0.25) is 0 Å². The lowest BCUT2D eigenvalue weighted by molar-refractivity contribution is -0.137. The number of alkyl halides is 3. The maximum absolute atomic E-state index is 15.0. The second-order valence-electron chi connectivity index (χ2n) is 9.63. The molecule has 0 spiro atoms. The molecule has 5 rings (SSSR count). The van der Waals surface area contributed by atoms with Gasteiger partial charge in [0, 0.05) is 11.4 Å². The first-order chi connectivity index (χ1) is 17.7. The number of carbonyl (C=O) groups is 2.